The second kappa shape index (κ2) is 9.25. The highest BCUT2D eigenvalue weighted by atomic mass is 32.2. The van der Waals surface area contributed by atoms with Crippen LogP contribution in [0.5, 0.6) is 5.75 Å². The summed E-state index contributed by atoms with van der Waals surface area (Å²) in [5.74, 6) is 0.390. The van der Waals surface area contributed by atoms with E-state index in [0.29, 0.717) is 26.8 Å². The Morgan fingerprint density at radius 2 is 1.81 bits per heavy atom. The summed E-state index contributed by atoms with van der Waals surface area (Å²) in [4.78, 5) is 5.63. The number of thiophene rings is 1. The second-order valence-corrected chi connectivity index (χ2v) is 9.95. The fraction of sp³-hybridized carbons (Fsp3) is 0.182. The molecule has 0 bridgehead atoms. The van der Waals surface area contributed by atoms with Crippen molar-refractivity contribution in [3.05, 3.63) is 65.5 Å². The van der Waals surface area contributed by atoms with Gasteiger partial charge in [0.25, 0.3) is 0 Å². The predicted octanol–water partition coefficient (Wildman–Crippen LogP) is 5.92. The molecule has 0 aliphatic rings. The van der Waals surface area contributed by atoms with Gasteiger partial charge >= 0.3 is 6.18 Å². The van der Waals surface area contributed by atoms with Crippen molar-refractivity contribution >= 4 is 38.3 Å². The first-order chi connectivity index (χ1) is 15.0. The van der Waals surface area contributed by atoms with Crippen LogP contribution in [0, 0.1) is 5.41 Å². The van der Waals surface area contributed by atoms with Crippen molar-refractivity contribution in [3.8, 4) is 16.2 Å². The molecule has 0 atom stereocenters. The minimum absolute atomic E-state index is 0.0624. The number of benzene rings is 2. The molecule has 0 unspecified atom stereocenters. The maximum atomic E-state index is 13.1. The third-order valence-electron chi connectivity index (χ3n) is 4.46. The van der Waals surface area contributed by atoms with Crippen LogP contribution in [0.2, 0.25) is 0 Å². The van der Waals surface area contributed by atoms with Crippen LogP contribution in [0.3, 0.4) is 0 Å². The minimum atomic E-state index is -4.77. The van der Waals surface area contributed by atoms with Crippen molar-refractivity contribution < 1.29 is 26.3 Å². The zero-order valence-electron chi connectivity index (χ0n) is 17.1. The Kier molecular flexibility index (Phi) is 6.85. The van der Waals surface area contributed by atoms with Gasteiger partial charge in [0.15, 0.2) is 9.84 Å². The van der Waals surface area contributed by atoms with Gasteiger partial charge in [-0.1, -0.05) is 24.3 Å². The summed E-state index contributed by atoms with van der Waals surface area (Å²) in [5, 5.41) is 7.45. The molecular weight excluding hydrogens is 461 g/mol. The molecule has 10 heteroatoms. The van der Waals surface area contributed by atoms with Gasteiger partial charge < -0.3 is 10.1 Å². The molecule has 5 nitrogen and oxygen atoms in total. The first-order valence-corrected chi connectivity index (χ1v) is 12.0. The number of halogens is 3. The lowest BCUT2D eigenvalue weighted by Crippen LogP contribution is -2.24. The Morgan fingerprint density at radius 1 is 1.09 bits per heavy atom. The number of methoxy groups -OCH3 is 1. The number of alkyl halides is 3. The lowest BCUT2D eigenvalue weighted by atomic mass is 10.1. The Morgan fingerprint density at radius 3 is 2.47 bits per heavy atom. The molecule has 0 saturated heterocycles. The summed E-state index contributed by atoms with van der Waals surface area (Å²) < 4.78 is 68.2. The van der Waals surface area contributed by atoms with Gasteiger partial charge in [-0.3, -0.25) is 0 Å². The first-order valence-electron chi connectivity index (χ1n) is 9.25. The molecule has 1 heterocycles. The molecule has 0 amide bonds. The van der Waals surface area contributed by atoms with E-state index in [2.05, 4.69) is 4.99 Å². The number of nitrogens with zero attached hydrogens (tertiary/aromatic N) is 1. The van der Waals surface area contributed by atoms with Gasteiger partial charge in [-0.25, -0.2) is 13.4 Å². The number of sulfone groups is 1. The number of rotatable bonds is 7. The van der Waals surface area contributed by atoms with Crippen molar-refractivity contribution in [2.75, 3.05) is 13.4 Å². The van der Waals surface area contributed by atoms with Gasteiger partial charge in [-0.2, -0.15) is 13.2 Å². The predicted molar refractivity (Wildman–Crippen MR) is 120 cm³/mol. The van der Waals surface area contributed by atoms with E-state index in [9.17, 15) is 21.6 Å². The molecule has 0 saturated carbocycles. The highest BCUT2D eigenvalue weighted by Gasteiger charge is 2.35. The van der Waals surface area contributed by atoms with Gasteiger partial charge in [0.05, 0.1) is 17.7 Å². The summed E-state index contributed by atoms with van der Waals surface area (Å²) in [7, 11) is -1.98. The van der Waals surface area contributed by atoms with E-state index in [-0.39, 0.29) is 10.6 Å². The van der Waals surface area contributed by atoms with Crippen LogP contribution >= 0.6 is 11.3 Å². The van der Waals surface area contributed by atoms with Gasteiger partial charge in [0.2, 0.25) is 0 Å². The minimum Gasteiger partial charge on any atom is -0.494 e. The normalized spacial score (nSPS) is 12.6. The molecular formula is C22H19F3N2O3S2. The van der Waals surface area contributed by atoms with Crippen LogP contribution in [0.1, 0.15) is 11.3 Å². The summed E-state index contributed by atoms with van der Waals surface area (Å²) in [5.41, 5.74) is -0.395. The lowest BCUT2D eigenvalue weighted by molar-refractivity contribution is -0.0605. The summed E-state index contributed by atoms with van der Waals surface area (Å²) in [6.45, 7) is 0. The van der Waals surface area contributed by atoms with Crippen molar-refractivity contribution in [2.24, 2.45) is 4.99 Å². The fourth-order valence-corrected chi connectivity index (χ4v) is 4.50. The van der Waals surface area contributed by atoms with Crippen LogP contribution in [0.25, 0.3) is 10.4 Å². The molecule has 0 aliphatic heterocycles. The van der Waals surface area contributed by atoms with Gasteiger partial charge in [-0.15, -0.1) is 11.3 Å². The molecule has 0 spiro atoms. The molecule has 1 aromatic heterocycles. The van der Waals surface area contributed by atoms with E-state index in [0.717, 1.165) is 6.26 Å². The summed E-state index contributed by atoms with van der Waals surface area (Å²) >= 11 is 1.17. The highest BCUT2D eigenvalue weighted by molar-refractivity contribution is 7.90. The van der Waals surface area contributed by atoms with Crippen LogP contribution in [0.4, 0.5) is 18.9 Å². The fourth-order valence-electron chi connectivity index (χ4n) is 2.85. The summed E-state index contributed by atoms with van der Waals surface area (Å²) in [6.07, 6.45) is -4.39. The Labute approximate surface area is 187 Å². The first kappa shape index (κ1) is 23.7. The molecule has 0 fully saturated rings. The zero-order chi connectivity index (χ0) is 23.5. The third-order valence-corrected chi connectivity index (χ3v) is 6.76. The van der Waals surface area contributed by atoms with Crippen molar-refractivity contribution in [2.45, 2.75) is 17.5 Å². The van der Waals surface area contributed by atoms with Crippen molar-refractivity contribution in [3.63, 3.8) is 0 Å². The van der Waals surface area contributed by atoms with Crippen LogP contribution < -0.4 is 4.74 Å². The quantitative estimate of drug-likeness (QED) is 0.426. The van der Waals surface area contributed by atoms with Crippen molar-refractivity contribution in [1.82, 2.24) is 0 Å². The van der Waals surface area contributed by atoms with E-state index in [1.807, 2.05) is 0 Å². The number of aliphatic imine (C=N–C) groups is 1. The van der Waals surface area contributed by atoms with Gasteiger partial charge in [0, 0.05) is 22.4 Å². The molecule has 32 heavy (non-hydrogen) atoms. The largest absolute Gasteiger partial charge is 0.494 e. The number of hydrogen-bond acceptors (Lipinski definition) is 6. The standard InChI is InChI=1S/C22H19F3N2O3S2/c1-30-18-9-4-3-8-16(18)27-17(13-21(26)22(23,24)25)20-11-10-19(31-20)14-6-5-7-15(12-14)32(2,28)29/h3-12,26H,13H2,1-2H3. The lowest BCUT2D eigenvalue weighted by Gasteiger charge is -2.11. The van der Waals surface area contributed by atoms with Crippen LogP contribution in [-0.2, 0) is 9.84 Å². The number of para-hydroxylation sites is 2. The van der Waals surface area contributed by atoms with E-state index < -0.39 is 28.1 Å². The second-order valence-electron chi connectivity index (χ2n) is 6.85. The topological polar surface area (TPSA) is 79.6 Å². The monoisotopic (exact) mass is 480 g/mol. The average molecular weight is 481 g/mol. The Balaban J connectivity index is 2.06. The Hall–Kier alpha value is -2.98. The molecule has 1 N–H and O–H groups in total. The maximum Gasteiger partial charge on any atom is 0.429 e. The van der Waals surface area contributed by atoms with Crippen LogP contribution in [-0.4, -0.2) is 39.4 Å². The number of ether oxygens (including phenoxy) is 1. The molecule has 0 aliphatic carbocycles. The van der Waals surface area contributed by atoms with Crippen LogP contribution in [0.15, 0.2) is 70.6 Å². The summed E-state index contributed by atoms with van der Waals surface area (Å²) in [6, 6.07) is 16.3. The third kappa shape index (κ3) is 5.63. The van der Waals surface area contributed by atoms with E-state index in [4.69, 9.17) is 10.1 Å². The average Bonchev–Trinajstić information content (AvgIpc) is 3.22. The van der Waals surface area contributed by atoms with Crippen molar-refractivity contribution in [1.29, 1.82) is 5.41 Å². The SMILES string of the molecule is COc1ccccc1N=C(CC(=N)C(F)(F)F)c1ccc(-c2cccc(S(C)(=O)=O)c2)s1. The van der Waals surface area contributed by atoms with E-state index in [1.54, 1.807) is 48.5 Å². The highest BCUT2D eigenvalue weighted by Crippen LogP contribution is 2.34. The molecule has 2 aromatic carbocycles. The van der Waals surface area contributed by atoms with Gasteiger partial charge in [0.1, 0.15) is 17.1 Å². The van der Waals surface area contributed by atoms with E-state index in [1.165, 1.54) is 30.6 Å². The Bertz CT molecular complexity index is 1280. The molecule has 0 radical (unpaired) electrons. The van der Waals surface area contributed by atoms with E-state index >= 15 is 0 Å². The van der Waals surface area contributed by atoms with Gasteiger partial charge in [-0.05, 0) is 42.0 Å². The molecule has 168 valence electrons. The maximum absolute atomic E-state index is 13.1. The number of nitrogens with one attached hydrogen (secondary N) is 1. The zero-order valence-corrected chi connectivity index (χ0v) is 18.7. The smallest absolute Gasteiger partial charge is 0.429 e. The number of hydrogen-bond donors (Lipinski definition) is 1. The molecule has 3 rings (SSSR count). The molecule has 3 aromatic rings.